The van der Waals surface area contributed by atoms with E-state index in [2.05, 4.69) is 113 Å². The van der Waals surface area contributed by atoms with Crippen LogP contribution >= 0.6 is 11.8 Å². The number of rotatable bonds is 5. The quantitative estimate of drug-likeness (QED) is 0.102. The molecule has 2 aromatic heterocycles. The van der Waals surface area contributed by atoms with Gasteiger partial charge in [0.2, 0.25) is 6.71 Å². The fourth-order valence-corrected chi connectivity index (χ4v) is 9.70. The highest BCUT2D eigenvalue weighted by Gasteiger charge is 2.36. The van der Waals surface area contributed by atoms with Gasteiger partial charge in [-0.2, -0.15) is 0 Å². The maximum Gasteiger partial charge on any atom is 0.244 e. The average Bonchev–Trinajstić information content (AvgIpc) is 3.15. The van der Waals surface area contributed by atoms with E-state index >= 15 is 0 Å². The first-order chi connectivity index (χ1) is 25.1. The SMILES string of the molecule is CC(C)c1cc(C(C)C)c(B2c3ccccc3Sc3cc4c(cc32)c(=O)c2cccc3c(=O)c5ccc(-c6ccccc6)cc5n4c32)c(C(C)C)c1. The fraction of sp³-hybridized carbons (Fsp3) is 0.191. The Balaban J connectivity index is 1.43. The fourth-order valence-electron chi connectivity index (χ4n) is 8.55. The third-order valence-corrected chi connectivity index (χ3v) is 12.3. The van der Waals surface area contributed by atoms with Crippen molar-refractivity contribution in [1.29, 1.82) is 0 Å². The zero-order valence-corrected chi connectivity index (χ0v) is 31.3. The number of pyridine rings is 2. The van der Waals surface area contributed by atoms with Crippen molar-refractivity contribution >= 4 is 73.0 Å². The molecule has 0 atom stereocenters. The van der Waals surface area contributed by atoms with Crippen LogP contribution < -0.4 is 27.2 Å². The van der Waals surface area contributed by atoms with E-state index in [-0.39, 0.29) is 17.6 Å². The Labute approximate surface area is 308 Å². The lowest BCUT2D eigenvalue weighted by atomic mass is 9.34. The molecular formula is C47H40BNO2S. The van der Waals surface area contributed by atoms with Gasteiger partial charge in [0.05, 0.1) is 16.6 Å². The van der Waals surface area contributed by atoms with Gasteiger partial charge in [0.25, 0.3) is 0 Å². The molecule has 1 aliphatic rings. The summed E-state index contributed by atoms with van der Waals surface area (Å²) in [7, 11) is 0. The molecule has 0 unspecified atom stereocenters. The van der Waals surface area contributed by atoms with Gasteiger partial charge in [0.1, 0.15) is 0 Å². The molecule has 0 saturated heterocycles. The second kappa shape index (κ2) is 12.2. The second-order valence-electron chi connectivity index (χ2n) is 15.4. The molecule has 6 aromatic carbocycles. The summed E-state index contributed by atoms with van der Waals surface area (Å²) in [5.74, 6) is 1.06. The standard InChI is InChI=1S/C47H40BNO2S/c1-26(2)31-21-35(27(3)4)44(36(22-31)28(5)6)48-38-17-10-11-18-42(38)52-43-25-41-37(24-39(43)48)47(51)34-16-12-15-33-45(34)49(41)40-23-30(19-20-32(40)46(33)50)29-13-8-7-9-14-29/h7-28H,1-6H3. The van der Waals surface area contributed by atoms with Gasteiger partial charge in [-0.15, -0.1) is 0 Å². The molecule has 0 spiro atoms. The van der Waals surface area contributed by atoms with Crippen LogP contribution in [0.15, 0.2) is 135 Å². The summed E-state index contributed by atoms with van der Waals surface area (Å²) in [5, 5.41) is 2.46. The average molecular weight is 694 g/mol. The summed E-state index contributed by atoms with van der Waals surface area (Å²) < 4.78 is 2.19. The number of benzene rings is 6. The molecule has 1 aliphatic heterocycles. The van der Waals surface area contributed by atoms with E-state index in [1.807, 2.05) is 48.5 Å². The van der Waals surface area contributed by atoms with Gasteiger partial charge in [-0.1, -0.05) is 149 Å². The molecule has 0 aliphatic carbocycles. The van der Waals surface area contributed by atoms with E-state index in [0.29, 0.717) is 44.8 Å². The lowest BCUT2D eigenvalue weighted by molar-refractivity contribution is 0.812. The summed E-state index contributed by atoms with van der Waals surface area (Å²) in [6.45, 7) is 13.8. The molecule has 52 heavy (non-hydrogen) atoms. The van der Waals surface area contributed by atoms with Crippen molar-refractivity contribution in [2.24, 2.45) is 0 Å². The first-order valence-electron chi connectivity index (χ1n) is 18.5. The number of nitrogens with zero attached hydrogens (tertiary/aromatic N) is 1. The third kappa shape index (κ3) is 4.89. The lowest BCUT2D eigenvalue weighted by Gasteiger charge is -2.32. The van der Waals surface area contributed by atoms with Crippen molar-refractivity contribution in [3.05, 3.63) is 152 Å². The van der Waals surface area contributed by atoms with E-state index in [1.165, 1.54) is 38.0 Å². The highest BCUT2D eigenvalue weighted by atomic mass is 32.2. The van der Waals surface area contributed by atoms with Crippen molar-refractivity contribution in [1.82, 2.24) is 4.40 Å². The van der Waals surface area contributed by atoms with Crippen LogP contribution in [0.4, 0.5) is 0 Å². The van der Waals surface area contributed by atoms with Gasteiger partial charge in [-0.25, -0.2) is 0 Å². The molecule has 0 fully saturated rings. The Bertz CT molecular complexity index is 2830. The van der Waals surface area contributed by atoms with Gasteiger partial charge in [0.15, 0.2) is 10.9 Å². The second-order valence-corrected chi connectivity index (χ2v) is 16.4. The van der Waals surface area contributed by atoms with Crippen LogP contribution in [0.5, 0.6) is 0 Å². The first kappa shape index (κ1) is 32.8. The van der Waals surface area contributed by atoms with Crippen molar-refractivity contribution in [3.8, 4) is 11.1 Å². The number of fused-ring (bicyclic) bond motifs is 6. The van der Waals surface area contributed by atoms with Crippen LogP contribution in [0.3, 0.4) is 0 Å². The first-order valence-corrected chi connectivity index (χ1v) is 19.3. The largest absolute Gasteiger partial charge is 0.307 e. The Morgan fingerprint density at radius 2 is 1.15 bits per heavy atom. The van der Waals surface area contributed by atoms with Crippen LogP contribution in [0.25, 0.3) is 49.2 Å². The van der Waals surface area contributed by atoms with Crippen LogP contribution in [0.2, 0.25) is 0 Å². The Morgan fingerprint density at radius 1 is 0.519 bits per heavy atom. The molecule has 0 N–H and O–H groups in total. The number of aromatic nitrogens is 1. The summed E-state index contributed by atoms with van der Waals surface area (Å²) >= 11 is 1.78. The van der Waals surface area contributed by atoms with E-state index < -0.39 is 0 Å². The van der Waals surface area contributed by atoms with Crippen LogP contribution in [0, 0.1) is 0 Å². The summed E-state index contributed by atoms with van der Waals surface area (Å²) in [4.78, 5) is 31.2. The van der Waals surface area contributed by atoms with Gasteiger partial charge in [0, 0.05) is 31.3 Å². The normalized spacial score (nSPS) is 13.0. The number of hydrogen-bond donors (Lipinski definition) is 0. The van der Waals surface area contributed by atoms with E-state index in [4.69, 9.17) is 0 Å². The maximum absolute atomic E-state index is 14.8. The number of para-hydroxylation sites is 1. The van der Waals surface area contributed by atoms with Crippen LogP contribution in [0.1, 0.15) is 76.0 Å². The summed E-state index contributed by atoms with van der Waals surface area (Å²) in [6.07, 6.45) is 0. The van der Waals surface area contributed by atoms with Crippen molar-refractivity contribution in [2.45, 2.75) is 69.1 Å². The minimum absolute atomic E-state index is 0.0332. The number of hydrogen-bond acceptors (Lipinski definition) is 3. The maximum atomic E-state index is 14.8. The molecule has 254 valence electrons. The zero-order chi connectivity index (χ0) is 36.0. The highest BCUT2D eigenvalue weighted by Crippen LogP contribution is 2.36. The zero-order valence-electron chi connectivity index (χ0n) is 30.5. The van der Waals surface area contributed by atoms with Gasteiger partial charge >= 0.3 is 0 Å². The van der Waals surface area contributed by atoms with Crippen molar-refractivity contribution in [2.75, 3.05) is 0 Å². The van der Waals surface area contributed by atoms with E-state index in [1.54, 1.807) is 11.8 Å². The predicted molar refractivity (Wildman–Crippen MR) is 223 cm³/mol. The molecule has 3 nitrogen and oxygen atoms in total. The van der Waals surface area contributed by atoms with Gasteiger partial charge in [-0.05, 0) is 82.0 Å². The molecule has 0 amide bonds. The molecule has 8 aromatic rings. The van der Waals surface area contributed by atoms with Crippen molar-refractivity contribution < 1.29 is 0 Å². The third-order valence-electron chi connectivity index (χ3n) is 11.2. The smallest absolute Gasteiger partial charge is 0.244 e. The Morgan fingerprint density at radius 3 is 1.83 bits per heavy atom. The van der Waals surface area contributed by atoms with Gasteiger partial charge in [-0.3, -0.25) is 9.59 Å². The van der Waals surface area contributed by atoms with E-state index in [0.717, 1.165) is 27.1 Å². The lowest BCUT2D eigenvalue weighted by Crippen LogP contribution is -2.57. The van der Waals surface area contributed by atoms with Gasteiger partial charge < -0.3 is 4.40 Å². The van der Waals surface area contributed by atoms with E-state index in [9.17, 15) is 9.59 Å². The molecule has 0 saturated carbocycles. The molecule has 0 bridgehead atoms. The summed E-state index contributed by atoms with van der Waals surface area (Å²) in [6, 6.07) is 40.1. The molecule has 3 heterocycles. The summed E-state index contributed by atoms with van der Waals surface area (Å²) in [5.41, 5.74) is 12.3. The van der Waals surface area contributed by atoms with Crippen LogP contribution in [-0.2, 0) is 0 Å². The minimum Gasteiger partial charge on any atom is -0.307 e. The monoisotopic (exact) mass is 693 g/mol. The molecule has 9 rings (SSSR count). The topological polar surface area (TPSA) is 38.5 Å². The predicted octanol–water partition coefficient (Wildman–Crippen LogP) is 9.58. The Kier molecular flexibility index (Phi) is 7.71. The minimum atomic E-state index is -0.0486. The highest BCUT2D eigenvalue weighted by molar-refractivity contribution is 8.00. The van der Waals surface area contributed by atoms with Crippen molar-refractivity contribution in [3.63, 3.8) is 0 Å². The Hall–Kier alpha value is -5.13. The molecule has 5 heteroatoms. The molecule has 0 radical (unpaired) electrons. The van der Waals surface area contributed by atoms with Crippen LogP contribution in [-0.4, -0.2) is 11.1 Å². The molecular weight excluding hydrogens is 653 g/mol.